The van der Waals surface area contributed by atoms with E-state index in [4.69, 9.17) is 25.9 Å². The number of nitrogens with zero attached hydrogens (tertiary/aromatic N) is 2. The zero-order valence-corrected chi connectivity index (χ0v) is 26.9. The van der Waals surface area contributed by atoms with E-state index in [2.05, 4.69) is 81.3 Å². The van der Waals surface area contributed by atoms with Crippen LogP contribution in [0.5, 0.6) is 0 Å². The van der Waals surface area contributed by atoms with Gasteiger partial charge in [0.25, 0.3) is 0 Å². The Kier molecular flexibility index (Phi) is 13.7. The van der Waals surface area contributed by atoms with Crippen LogP contribution in [0.1, 0.15) is 22.3 Å². The number of benzene rings is 1. The van der Waals surface area contributed by atoms with Crippen molar-refractivity contribution >= 4 is 65.4 Å². The molecule has 0 saturated heterocycles. The molecule has 0 radical (unpaired) electrons. The second kappa shape index (κ2) is 15.3. The molecule has 0 spiro atoms. The fourth-order valence-electron chi connectivity index (χ4n) is 2.28. The fourth-order valence-corrected chi connectivity index (χ4v) is 3.79. The lowest BCUT2D eigenvalue weighted by atomic mass is 10.1. The minimum atomic E-state index is -6.09. The highest BCUT2D eigenvalue weighted by Gasteiger charge is 2.37. The van der Waals surface area contributed by atoms with Crippen molar-refractivity contribution in [1.82, 2.24) is 0 Å². The van der Waals surface area contributed by atoms with Gasteiger partial charge in [-0.15, -0.1) is 0 Å². The Bertz CT molecular complexity index is 1650. The Morgan fingerprint density at radius 1 is 0.667 bits per heavy atom. The monoisotopic (exact) mass is 860 g/mol. The normalized spacial score (nSPS) is 11.3. The third kappa shape index (κ3) is 13.2. The first-order chi connectivity index (χ1) is 19.0. The number of aryl methyl sites for hydroxylation is 2. The number of rotatable bonds is 0. The van der Waals surface area contributed by atoms with Gasteiger partial charge in [0, 0.05) is 23.3 Å². The second-order valence-electron chi connectivity index (χ2n) is 7.62. The van der Waals surface area contributed by atoms with Gasteiger partial charge in [0.2, 0.25) is 0 Å². The minimum Gasteiger partial charge on any atom is -0.741 e. The van der Waals surface area contributed by atoms with Crippen LogP contribution >= 0.6 is 45.2 Å². The van der Waals surface area contributed by atoms with Crippen molar-refractivity contribution in [2.24, 2.45) is 14.1 Å². The van der Waals surface area contributed by atoms with Crippen molar-refractivity contribution in [3.8, 4) is 23.7 Å². The maximum absolute atomic E-state index is 10.7. The van der Waals surface area contributed by atoms with Gasteiger partial charge in [-0.25, -0.2) is 26.0 Å². The largest absolute Gasteiger partial charge is 0.741 e. The highest BCUT2D eigenvalue weighted by Crippen LogP contribution is 2.21. The molecule has 0 saturated carbocycles. The lowest BCUT2D eigenvalue weighted by Gasteiger charge is -2.08. The Labute approximate surface area is 264 Å². The van der Waals surface area contributed by atoms with Gasteiger partial charge in [-0.05, 0) is 63.4 Å². The van der Waals surface area contributed by atoms with Crippen LogP contribution in [0.2, 0.25) is 0 Å². The lowest BCUT2D eigenvalue weighted by Crippen LogP contribution is -2.27. The van der Waals surface area contributed by atoms with Crippen LogP contribution in [0.25, 0.3) is 0 Å². The molecular weight excluding hydrogens is 844 g/mol. The molecule has 0 fully saturated rings. The van der Waals surface area contributed by atoms with Gasteiger partial charge in [-0.1, -0.05) is 29.7 Å². The molecule has 1 aromatic carbocycles. The number of hydrogen-bond donors (Lipinski definition) is 0. The summed E-state index contributed by atoms with van der Waals surface area (Å²) in [5.74, 6) is 13.0. The highest BCUT2D eigenvalue weighted by molar-refractivity contribution is 14.1. The maximum Gasteiger partial charge on any atom is 0.485 e. The second-order valence-corrected chi connectivity index (χ2v) is 12.7. The molecule has 0 atom stereocenters. The molecule has 2 heterocycles. The summed E-state index contributed by atoms with van der Waals surface area (Å²) >= 11 is 4.62. The minimum absolute atomic E-state index is 0.968. The van der Waals surface area contributed by atoms with Crippen LogP contribution in [-0.2, 0) is 34.3 Å². The van der Waals surface area contributed by atoms with Gasteiger partial charge in [0.15, 0.2) is 45.0 Å². The van der Waals surface area contributed by atoms with Gasteiger partial charge >= 0.3 is 11.0 Å². The molecule has 8 nitrogen and oxygen atoms in total. The first-order valence-corrected chi connectivity index (χ1v) is 15.5. The Hall–Kier alpha value is -2.50. The summed E-state index contributed by atoms with van der Waals surface area (Å²) in [5, 5.41) is 0. The predicted octanol–water partition coefficient (Wildman–Crippen LogP) is 3.45. The van der Waals surface area contributed by atoms with E-state index >= 15 is 0 Å². The average Bonchev–Trinajstić information content (AvgIpc) is 2.81. The van der Waals surface area contributed by atoms with Crippen LogP contribution in [0, 0.1) is 30.8 Å². The van der Waals surface area contributed by atoms with Gasteiger partial charge in [-0.3, -0.25) is 0 Å². The number of alkyl halides is 6. The topological polar surface area (TPSA) is 122 Å². The zero-order chi connectivity index (χ0) is 32.5. The van der Waals surface area contributed by atoms with Gasteiger partial charge in [0.1, 0.15) is 14.1 Å². The predicted molar refractivity (Wildman–Crippen MR) is 151 cm³/mol. The molecule has 0 aliphatic rings. The van der Waals surface area contributed by atoms with Gasteiger partial charge < -0.3 is 9.11 Å². The van der Waals surface area contributed by atoms with Crippen molar-refractivity contribution in [2.45, 2.75) is 11.0 Å². The van der Waals surface area contributed by atoms with Crippen LogP contribution in [0.3, 0.4) is 0 Å². The van der Waals surface area contributed by atoms with E-state index in [1.165, 1.54) is 0 Å². The van der Waals surface area contributed by atoms with Gasteiger partial charge in [-0.2, -0.15) is 26.3 Å². The third-order valence-corrected chi connectivity index (χ3v) is 7.07. The summed E-state index contributed by atoms with van der Waals surface area (Å²) in [7, 11) is -8.16. The Morgan fingerprint density at radius 3 is 1.24 bits per heavy atom. The van der Waals surface area contributed by atoms with Gasteiger partial charge in [0.05, 0.1) is 18.3 Å². The number of pyridine rings is 2. The molecule has 3 aromatic rings. The maximum atomic E-state index is 10.7. The SMILES string of the molecule is C[n+]1ccc(C#Cc2cccc(C#Cc3cc[n+](C)cc3I)c2)c(I)c1.O=S(=O)([O-])C(F)(F)F.O=S(=O)([O-])C(F)(F)F. The van der Waals surface area contributed by atoms with E-state index in [0.717, 1.165) is 29.4 Å². The van der Waals surface area contributed by atoms with E-state index < -0.39 is 31.3 Å². The first kappa shape index (κ1) is 37.5. The zero-order valence-electron chi connectivity index (χ0n) is 21.0. The smallest absolute Gasteiger partial charge is 0.485 e. The molecule has 0 amide bonds. The van der Waals surface area contributed by atoms with Crippen LogP contribution in [0.4, 0.5) is 26.3 Å². The Balaban J connectivity index is 0.000000454. The summed E-state index contributed by atoms with van der Waals surface area (Å²) in [6.45, 7) is 0. The van der Waals surface area contributed by atoms with E-state index in [9.17, 15) is 26.3 Å². The summed E-state index contributed by atoms with van der Waals surface area (Å²) < 4.78 is 124. The average molecular weight is 860 g/mol. The van der Waals surface area contributed by atoms with E-state index in [-0.39, 0.29) is 0 Å². The standard InChI is InChI=1S/C22H16I2N2.2CHF3O3S/c1-25-12-10-19(21(23)15-25)8-6-17-4-3-5-18(14-17)7-9-20-11-13-26(2)16-22(20)24;2*2-1(3,4)8(5,6)7/h3-5,10-16H,1-2H3;2*(H,5,6,7)/q+2;;/p-2. The van der Waals surface area contributed by atoms with E-state index in [0.29, 0.717) is 0 Å². The molecule has 226 valence electrons. The molecule has 3 rings (SSSR count). The summed E-state index contributed by atoms with van der Waals surface area (Å²) in [6, 6.07) is 12.1. The van der Waals surface area contributed by atoms with Crippen molar-refractivity contribution < 1.29 is 61.4 Å². The molecule has 0 aliphatic carbocycles. The molecule has 18 heteroatoms. The third-order valence-electron chi connectivity index (χ3n) is 4.21. The quantitative estimate of drug-likeness (QED) is 0.0854. The number of hydrogen-bond acceptors (Lipinski definition) is 6. The molecule has 2 aromatic heterocycles. The number of aromatic nitrogens is 2. The molecule has 0 unspecified atom stereocenters. The van der Waals surface area contributed by atoms with Crippen molar-refractivity contribution in [1.29, 1.82) is 0 Å². The summed E-state index contributed by atoms with van der Waals surface area (Å²) in [5.41, 5.74) is -7.29. The Morgan fingerprint density at radius 2 is 0.976 bits per heavy atom. The molecular formula is C24H16F6I2N2O6S2. The fraction of sp³-hybridized carbons (Fsp3) is 0.167. The molecule has 0 N–H and O–H groups in total. The first-order valence-electron chi connectivity index (χ1n) is 10.5. The van der Waals surface area contributed by atoms with Crippen LogP contribution in [-0.4, -0.2) is 37.0 Å². The van der Waals surface area contributed by atoms with Crippen molar-refractivity contribution in [3.05, 3.63) is 90.6 Å². The number of halogens is 8. The lowest BCUT2D eigenvalue weighted by molar-refractivity contribution is -0.672. The summed E-state index contributed by atoms with van der Waals surface area (Å²) in [4.78, 5) is 0. The highest BCUT2D eigenvalue weighted by atomic mass is 127. The molecule has 0 bridgehead atoms. The van der Waals surface area contributed by atoms with Crippen LogP contribution < -0.4 is 9.13 Å². The van der Waals surface area contributed by atoms with Crippen molar-refractivity contribution in [3.63, 3.8) is 0 Å². The molecule has 42 heavy (non-hydrogen) atoms. The van der Waals surface area contributed by atoms with E-state index in [1.807, 2.05) is 72.0 Å². The van der Waals surface area contributed by atoms with E-state index in [1.54, 1.807) is 0 Å². The van der Waals surface area contributed by atoms with Crippen LogP contribution in [0.15, 0.2) is 61.2 Å². The molecule has 0 aliphatic heterocycles. The summed E-state index contributed by atoms with van der Waals surface area (Å²) in [6.07, 6.45) is 8.15. The van der Waals surface area contributed by atoms with Crippen molar-refractivity contribution in [2.75, 3.05) is 0 Å².